The average molecular weight is 452 g/mol. The van der Waals surface area contributed by atoms with Crippen LogP contribution in [0.5, 0.6) is 11.6 Å². The second kappa shape index (κ2) is 10.6. The molecule has 3 heterocycles. The monoisotopic (exact) mass is 451 g/mol. The predicted molar refractivity (Wildman–Crippen MR) is 127 cm³/mol. The molecule has 6 nitrogen and oxygen atoms in total. The highest BCUT2D eigenvalue weighted by Crippen LogP contribution is 2.28. The van der Waals surface area contributed by atoms with Crippen molar-refractivity contribution in [2.75, 3.05) is 24.6 Å². The van der Waals surface area contributed by atoms with E-state index in [-0.39, 0.29) is 17.8 Å². The van der Waals surface area contributed by atoms with Crippen LogP contribution in [0, 0.1) is 0 Å². The summed E-state index contributed by atoms with van der Waals surface area (Å²) in [7, 11) is 0. The Kier molecular flexibility index (Phi) is 7.37. The van der Waals surface area contributed by atoms with Crippen LogP contribution >= 0.6 is 11.3 Å². The molecular formula is C25H29N3O3S. The molecule has 3 aromatic rings. The molecule has 1 aliphatic heterocycles. The first-order chi connectivity index (χ1) is 15.6. The topological polar surface area (TPSA) is 64.6 Å². The van der Waals surface area contributed by atoms with E-state index in [1.54, 1.807) is 17.9 Å². The Morgan fingerprint density at radius 3 is 2.88 bits per heavy atom. The van der Waals surface area contributed by atoms with E-state index in [0.29, 0.717) is 18.9 Å². The van der Waals surface area contributed by atoms with E-state index < -0.39 is 0 Å². The van der Waals surface area contributed by atoms with Gasteiger partial charge in [0.1, 0.15) is 11.9 Å². The molecule has 0 spiro atoms. The molecule has 32 heavy (non-hydrogen) atoms. The quantitative estimate of drug-likeness (QED) is 0.387. The van der Waals surface area contributed by atoms with Gasteiger partial charge < -0.3 is 14.4 Å². The summed E-state index contributed by atoms with van der Waals surface area (Å²) in [6, 6.07) is 12.2. The highest BCUT2D eigenvalue weighted by Gasteiger charge is 2.25. The van der Waals surface area contributed by atoms with E-state index in [1.165, 1.54) is 11.3 Å². The third-order valence-electron chi connectivity index (χ3n) is 5.63. The van der Waals surface area contributed by atoms with E-state index in [1.807, 2.05) is 24.3 Å². The van der Waals surface area contributed by atoms with Gasteiger partial charge in [-0.2, -0.15) is 0 Å². The maximum absolute atomic E-state index is 12.3. The zero-order chi connectivity index (χ0) is 22.3. The minimum Gasteiger partial charge on any atom is -0.489 e. The van der Waals surface area contributed by atoms with Gasteiger partial charge in [0.05, 0.1) is 23.5 Å². The van der Waals surface area contributed by atoms with Gasteiger partial charge in [0.2, 0.25) is 5.88 Å². The van der Waals surface area contributed by atoms with Gasteiger partial charge in [0.25, 0.3) is 0 Å². The number of benzene rings is 1. The van der Waals surface area contributed by atoms with E-state index in [2.05, 4.69) is 40.8 Å². The van der Waals surface area contributed by atoms with Crippen LogP contribution in [0.25, 0.3) is 0 Å². The van der Waals surface area contributed by atoms with Gasteiger partial charge in [-0.25, -0.2) is 4.98 Å². The first-order valence-corrected chi connectivity index (χ1v) is 12.0. The lowest BCUT2D eigenvalue weighted by molar-refractivity contribution is 0.0979. The zero-order valence-electron chi connectivity index (χ0n) is 18.6. The molecule has 2 aromatic heterocycles. The number of carbonyl (C=O) groups excluding carboxylic acids is 1. The highest BCUT2D eigenvalue weighted by molar-refractivity contribution is 7.11. The number of pyridine rings is 1. The molecule has 4 rings (SSSR count). The number of aromatic nitrogens is 2. The fourth-order valence-corrected chi connectivity index (χ4v) is 4.43. The lowest BCUT2D eigenvalue weighted by Gasteiger charge is -2.20. The average Bonchev–Trinajstić information content (AvgIpc) is 3.51. The van der Waals surface area contributed by atoms with Crippen molar-refractivity contribution in [1.29, 1.82) is 0 Å². The second-order valence-corrected chi connectivity index (χ2v) is 9.02. The van der Waals surface area contributed by atoms with Crippen molar-refractivity contribution in [2.45, 2.75) is 45.1 Å². The van der Waals surface area contributed by atoms with Crippen LogP contribution in [0.4, 0.5) is 5.69 Å². The molecule has 0 radical (unpaired) electrons. The van der Waals surface area contributed by atoms with Crippen molar-refractivity contribution in [3.63, 3.8) is 0 Å². The number of ether oxygens (including phenoxy) is 2. The van der Waals surface area contributed by atoms with Gasteiger partial charge >= 0.3 is 0 Å². The van der Waals surface area contributed by atoms with Crippen LogP contribution in [0.1, 0.15) is 54.3 Å². The molecule has 1 fully saturated rings. The van der Waals surface area contributed by atoms with Gasteiger partial charge in [-0.15, -0.1) is 11.3 Å². The standard InChI is InChI=1S/C25H29N3O3S/c1-3-12-30-25-14-20(8-10-27-25)28-11-9-22(16-28)31-21-6-4-19(5-7-21)18(2)13-23(29)24-15-26-17-32-24/h4-8,10,14-15,17-18,22H,3,9,11-13,16H2,1-2H3/t18-,22-/m1/s1. The number of ketones is 1. The molecule has 168 valence electrons. The molecule has 0 aliphatic carbocycles. The van der Waals surface area contributed by atoms with Gasteiger partial charge in [-0.3, -0.25) is 9.78 Å². The largest absolute Gasteiger partial charge is 0.489 e. The molecule has 7 heteroatoms. The van der Waals surface area contributed by atoms with Crippen LogP contribution in [0.15, 0.2) is 54.3 Å². The molecular weight excluding hydrogens is 422 g/mol. The molecule has 0 unspecified atom stereocenters. The number of nitrogens with zero attached hydrogens (tertiary/aromatic N) is 3. The zero-order valence-corrected chi connectivity index (χ0v) is 19.4. The van der Waals surface area contributed by atoms with Crippen molar-refractivity contribution in [3.8, 4) is 11.6 Å². The van der Waals surface area contributed by atoms with Crippen molar-refractivity contribution in [3.05, 3.63) is 64.7 Å². The summed E-state index contributed by atoms with van der Waals surface area (Å²) in [6.45, 7) is 6.62. The Balaban J connectivity index is 1.30. The summed E-state index contributed by atoms with van der Waals surface area (Å²) < 4.78 is 11.9. The van der Waals surface area contributed by atoms with Gasteiger partial charge in [0.15, 0.2) is 5.78 Å². The van der Waals surface area contributed by atoms with Crippen LogP contribution in [-0.4, -0.2) is 41.6 Å². The Bertz CT molecular complexity index is 1010. The van der Waals surface area contributed by atoms with E-state index in [0.717, 1.165) is 47.8 Å². The molecule has 0 bridgehead atoms. The molecule has 0 saturated carbocycles. The Hall–Kier alpha value is -2.93. The smallest absolute Gasteiger partial charge is 0.215 e. The number of rotatable bonds is 10. The SMILES string of the molecule is CCCOc1cc(N2CC[C@@H](Oc3ccc([C@H](C)CC(=O)c4cncs4)cc3)C2)ccn1. The number of carbonyl (C=O) groups is 1. The van der Waals surface area contributed by atoms with Gasteiger partial charge in [-0.1, -0.05) is 26.0 Å². The minimum absolute atomic E-state index is 0.138. The fourth-order valence-electron chi connectivity index (χ4n) is 3.86. The van der Waals surface area contributed by atoms with Crippen molar-refractivity contribution in [2.24, 2.45) is 0 Å². The van der Waals surface area contributed by atoms with Crippen LogP contribution in [-0.2, 0) is 0 Å². The van der Waals surface area contributed by atoms with Crippen LogP contribution in [0.2, 0.25) is 0 Å². The predicted octanol–water partition coefficient (Wildman–Crippen LogP) is 5.36. The van der Waals surface area contributed by atoms with E-state index >= 15 is 0 Å². The summed E-state index contributed by atoms with van der Waals surface area (Å²) in [5, 5.41) is 0. The first-order valence-electron chi connectivity index (χ1n) is 11.1. The molecule has 1 saturated heterocycles. The van der Waals surface area contributed by atoms with Crippen molar-refractivity contribution in [1.82, 2.24) is 9.97 Å². The van der Waals surface area contributed by atoms with E-state index in [4.69, 9.17) is 9.47 Å². The van der Waals surface area contributed by atoms with Crippen LogP contribution in [0.3, 0.4) is 0 Å². The van der Waals surface area contributed by atoms with Gasteiger partial charge in [-0.05, 0) is 36.1 Å². The van der Waals surface area contributed by atoms with Crippen molar-refractivity contribution < 1.29 is 14.3 Å². The highest BCUT2D eigenvalue weighted by atomic mass is 32.1. The number of hydrogen-bond acceptors (Lipinski definition) is 7. The Labute approximate surface area is 193 Å². The molecule has 1 aromatic carbocycles. The van der Waals surface area contributed by atoms with E-state index in [9.17, 15) is 4.79 Å². The third kappa shape index (κ3) is 5.65. The Morgan fingerprint density at radius 1 is 1.28 bits per heavy atom. The summed E-state index contributed by atoms with van der Waals surface area (Å²) >= 11 is 1.40. The summed E-state index contributed by atoms with van der Waals surface area (Å²) in [5.41, 5.74) is 3.95. The number of anilines is 1. The second-order valence-electron chi connectivity index (χ2n) is 8.14. The molecule has 2 atom stereocenters. The van der Waals surface area contributed by atoms with Gasteiger partial charge in [0, 0.05) is 43.5 Å². The maximum atomic E-state index is 12.3. The van der Waals surface area contributed by atoms with Crippen molar-refractivity contribution >= 4 is 22.8 Å². The minimum atomic E-state index is 0.138. The third-order valence-corrected chi connectivity index (χ3v) is 6.45. The molecule has 1 aliphatic rings. The summed E-state index contributed by atoms with van der Waals surface area (Å²) in [4.78, 5) is 23.7. The summed E-state index contributed by atoms with van der Waals surface area (Å²) in [6.07, 6.45) is 6.00. The Morgan fingerprint density at radius 2 is 2.12 bits per heavy atom. The normalized spacial score (nSPS) is 16.7. The number of Topliss-reactive ketones (excluding diaryl/α,β-unsaturated/α-hetero) is 1. The number of hydrogen-bond donors (Lipinski definition) is 0. The number of thiazole rings is 1. The first kappa shape index (κ1) is 22.3. The molecule has 0 N–H and O–H groups in total. The maximum Gasteiger partial charge on any atom is 0.215 e. The lowest BCUT2D eigenvalue weighted by atomic mass is 9.95. The van der Waals surface area contributed by atoms with Crippen LogP contribution < -0.4 is 14.4 Å². The fraction of sp³-hybridized carbons (Fsp3) is 0.400. The molecule has 0 amide bonds. The lowest BCUT2D eigenvalue weighted by Crippen LogP contribution is -2.24. The summed E-state index contributed by atoms with van der Waals surface area (Å²) in [5.74, 6) is 1.83.